The van der Waals surface area contributed by atoms with E-state index in [1.165, 1.54) is 6.07 Å². The number of hydrogen-bond acceptors (Lipinski definition) is 2. The molecule has 0 saturated heterocycles. The van der Waals surface area contributed by atoms with Crippen LogP contribution >= 0.6 is 0 Å². The van der Waals surface area contributed by atoms with Crippen LogP contribution in [0.4, 0.5) is 0 Å². The van der Waals surface area contributed by atoms with Crippen LogP contribution in [-0.2, 0) is 12.8 Å². The topological polar surface area (TPSA) is 74.6 Å². The van der Waals surface area contributed by atoms with Crippen molar-refractivity contribution in [2.75, 3.05) is 0 Å². The van der Waals surface area contributed by atoms with E-state index >= 15 is 0 Å². The first-order chi connectivity index (χ1) is 12.9. The van der Waals surface area contributed by atoms with Crippen LogP contribution in [0.1, 0.15) is 112 Å². The van der Waals surface area contributed by atoms with E-state index in [0.29, 0.717) is 12.0 Å². The molecule has 158 valence electrons. The summed E-state index contributed by atoms with van der Waals surface area (Å²) in [6.45, 7) is 13.0. The van der Waals surface area contributed by atoms with Gasteiger partial charge in [0.1, 0.15) is 0 Å². The molecule has 0 fully saturated rings. The Bertz CT molecular complexity index is 686. The summed E-state index contributed by atoms with van der Waals surface area (Å²) >= 11 is 0. The summed E-state index contributed by atoms with van der Waals surface area (Å²) < 4.78 is 0. The number of hydrogen-bond donors (Lipinski definition) is 2. The summed E-state index contributed by atoms with van der Waals surface area (Å²) in [5.41, 5.74) is 1.51. The fourth-order valence-electron chi connectivity index (χ4n) is 3.96. The standard InChI is InChI=1S/C24H38O4/c1-7-9-13-23(3,4)15-17-11-12-18(21(25)26)20(22(27)28)19(17)16-24(5,6)14-10-8-2/h11-12H,7-10,13-16H2,1-6H3,(H,25,26)(H,27,28). The molecule has 0 aromatic heterocycles. The van der Waals surface area contributed by atoms with Gasteiger partial charge in [-0.15, -0.1) is 0 Å². The van der Waals surface area contributed by atoms with Crippen LogP contribution in [0.5, 0.6) is 0 Å². The van der Waals surface area contributed by atoms with Crippen LogP contribution in [0.25, 0.3) is 0 Å². The van der Waals surface area contributed by atoms with E-state index < -0.39 is 11.9 Å². The molecule has 4 nitrogen and oxygen atoms in total. The second-order valence-corrected chi connectivity index (χ2v) is 9.63. The minimum Gasteiger partial charge on any atom is -0.478 e. The highest BCUT2D eigenvalue weighted by atomic mass is 16.4. The Morgan fingerprint density at radius 3 is 1.75 bits per heavy atom. The number of carbonyl (C=O) groups is 2. The molecular formula is C24H38O4. The maximum absolute atomic E-state index is 12.1. The summed E-state index contributed by atoms with van der Waals surface area (Å²) in [6, 6.07) is 3.31. The third kappa shape index (κ3) is 6.96. The van der Waals surface area contributed by atoms with Gasteiger partial charge in [-0.25, -0.2) is 9.59 Å². The highest BCUT2D eigenvalue weighted by Crippen LogP contribution is 2.36. The number of benzene rings is 1. The Hall–Kier alpha value is -1.84. The van der Waals surface area contributed by atoms with Gasteiger partial charge in [0.25, 0.3) is 0 Å². The Kier molecular flexibility index (Phi) is 8.72. The van der Waals surface area contributed by atoms with E-state index in [1.807, 2.05) is 6.07 Å². The van der Waals surface area contributed by atoms with Crippen molar-refractivity contribution in [3.8, 4) is 0 Å². The molecule has 0 saturated carbocycles. The third-order valence-electron chi connectivity index (χ3n) is 5.59. The van der Waals surface area contributed by atoms with Gasteiger partial charge in [-0.1, -0.05) is 73.3 Å². The van der Waals surface area contributed by atoms with Crippen LogP contribution in [0, 0.1) is 10.8 Å². The van der Waals surface area contributed by atoms with Gasteiger partial charge in [0.2, 0.25) is 0 Å². The molecule has 0 spiro atoms. The maximum atomic E-state index is 12.1. The lowest BCUT2D eigenvalue weighted by molar-refractivity contribution is 0.0649. The smallest absolute Gasteiger partial charge is 0.336 e. The molecule has 0 bridgehead atoms. The molecule has 1 aromatic rings. The van der Waals surface area contributed by atoms with Gasteiger partial charge in [0.05, 0.1) is 11.1 Å². The van der Waals surface area contributed by atoms with E-state index in [2.05, 4.69) is 41.5 Å². The summed E-state index contributed by atoms with van der Waals surface area (Å²) in [7, 11) is 0. The fraction of sp³-hybridized carbons (Fsp3) is 0.667. The average Bonchev–Trinajstić information content (AvgIpc) is 2.58. The van der Waals surface area contributed by atoms with Crippen LogP contribution in [0.2, 0.25) is 0 Å². The second kappa shape index (κ2) is 10.1. The zero-order chi connectivity index (χ0) is 21.5. The molecule has 0 aliphatic heterocycles. The molecule has 28 heavy (non-hydrogen) atoms. The molecule has 0 aliphatic rings. The highest BCUT2D eigenvalue weighted by molar-refractivity contribution is 6.03. The molecule has 0 aliphatic carbocycles. The van der Waals surface area contributed by atoms with E-state index in [0.717, 1.165) is 50.5 Å². The first kappa shape index (κ1) is 24.2. The SMILES string of the molecule is CCCCC(C)(C)Cc1ccc(C(=O)O)c(C(=O)O)c1CC(C)(C)CCCC. The van der Waals surface area contributed by atoms with Gasteiger partial charge < -0.3 is 10.2 Å². The fourth-order valence-corrected chi connectivity index (χ4v) is 3.96. The van der Waals surface area contributed by atoms with E-state index in [9.17, 15) is 19.8 Å². The van der Waals surface area contributed by atoms with Crippen LogP contribution in [-0.4, -0.2) is 22.2 Å². The molecule has 4 heteroatoms. The van der Waals surface area contributed by atoms with Gasteiger partial charge in [-0.2, -0.15) is 0 Å². The number of carboxylic acid groups (broad SMARTS) is 2. The van der Waals surface area contributed by atoms with Gasteiger partial charge in [-0.05, 0) is 53.7 Å². The van der Waals surface area contributed by atoms with Gasteiger partial charge in [0.15, 0.2) is 0 Å². The molecular weight excluding hydrogens is 352 g/mol. The Labute approximate surface area is 170 Å². The largest absolute Gasteiger partial charge is 0.478 e. The zero-order valence-electron chi connectivity index (χ0n) is 18.5. The molecule has 1 rings (SSSR count). The summed E-state index contributed by atoms with van der Waals surface area (Å²) in [5, 5.41) is 19.4. The first-order valence-electron chi connectivity index (χ1n) is 10.6. The second-order valence-electron chi connectivity index (χ2n) is 9.63. The predicted octanol–water partition coefficient (Wildman–Crippen LogP) is 6.60. The van der Waals surface area contributed by atoms with Crippen LogP contribution in [0.15, 0.2) is 12.1 Å². The molecule has 0 heterocycles. The van der Waals surface area contributed by atoms with Crippen LogP contribution < -0.4 is 0 Å². The minimum atomic E-state index is -1.18. The lowest BCUT2D eigenvalue weighted by Gasteiger charge is -2.30. The number of carboxylic acids is 2. The molecule has 0 amide bonds. The number of unbranched alkanes of at least 4 members (excludes halogenated alkanes) is 2. The molecule has 0 unspecified atom stereocenters. The minimum absolute atomic E-state index is 0.0270. The Balaban J connectivity index is 3.48. The van der Waals surface area contributed by atoms with Crippen molar-refractivity contribution in [2.45, 2.75) is 92.9 Å². The predicted molar refractivity (Wildman–Crippen MR) is 114 cm³/mol. The van der Waals surface area contributed by atoms with Crippen molar-refractivity contribution in [1.29, 1.82) is 0 Å². The Morgan fingerprint density at radius 2 is 1.32 bits per heavy atom. The summed E-state index contributed by atoms with van der Waals surface area (Å²) in [6.07, 6.45) is 7.79. The number of aromatic carboxylic acids is 2. The molecule has 2 N–H and O–H groups in total. The van der Waals surface area contributed by atoms with Crippen molar-refractivity contribution in [3.63, 3.8) is 0 Å². The van der Waals surface area contributed by atoms with Crippen molar-refractivity contribution >= 4 is 11.9 Å². The van der Waals surface area contributed by atoms with Crippen molar-refractivity contribution in [1.82, 2.24) is 0 Å². The average molecular weight is 391 g/mol. The quantitative estimate of drug-likeness (QED) is 0.421. The molecule has 0 radical (unpaired) electrons. The van der Waals surface area contributed by atoms with E-state index in [4.69, 9.17) is 0 Å². The van der Waals surface area contributed by atoms with Gasteiger partial charge in [0, 0.05) is 0 Å². The van der Waals surface area contributed by atoms with Gasteiger partial charge >= 0.3 is 11.9 Å². The summed E-state index contributed by atoms with van der Waals surface area (Å²) in [5.74, 6) is -2.33. The molecule has 1 aromatic carbocycles. The third-order valence-corrected chi connectivity index (χ3v) is 5.59. The zero-order valence-corrected chi connectivity index (χ0v) is 18.5. The van der Waals surface area contributed by atoms with E-state index in [1.54, 1.807) is 0 Å². The lowest BCUT2D eigenvalue weighted by atomic mass is 9.74. The van der Waals surface area contributed by atoms with Crippen molar-refractivity contribution < 1.29 is 19.8 Å². The normalized spacial score (nSPS) is 12.2. The highest BCUT2D eigenvalue weighted by Gasteiger charge is 2.29. The lowest BCUT2D eigenvalue weighted by Crippen LogP contribution is -2.23. The maximum Gasteiger partial charge on any atom is 0.336 e. The number of rotatable bonds is 12. The summed E-state index contributed by atoms with van der Waals surface area (Å²) in [4.78, 5) is 23.8. The molecule has 0 atom stereocenters. The van der Waals surface area contributed by atoms with Crippen LogP contribution in [0.3, 0.4) is 0 Å². The first-order valence-corrected chi connectivity index (χ1v) is 10.6. The van der Waals surface area contributed by atoms with E-state index in [-0.39, 0.29) is 22.0 Å². The van der Waals surface area contributed by atoms with Gasteiger partial charge in [-0.3, -0.25) is 0 Å². The van der Waals surface area contributed by atoms with Crippen molar-refractivity contribution in [3.05, 3.63) is 34.4 Å². The van der Waals surface area contributed by atoms with Crippen molar-refractivity contribution in [2.24, 2.45) is 10.8 Å². The monoisotopic (exact) mass is 390 g/mol. The Morgan fingerprint density at radius 1 is 0.821 bits per heavy atom.